The molecule has 0 bridgehead atoms. The lowest BCUT2D eigenvalue weighted by Crippen LogP contribution is -2.27. The zero-order chi connectivity index (χ0) is 17.5. The summed E-state index contributed by atoms with van der Waals surface area (Å²) in [4.78, 5) is 8.71. The smallest absolute Gasteiger partial charge is 0.153 e. The number of nitrogens with one attached hydrogen (secondary N) is 3. The third kappa shape index (κ3) is 3.73. The Hall–Kier alpha value is -2.83. The minimum Gasteiger partial charge on any atom is -0.324 e. The summed E-state index contributed by atoms with van der Waals surface area (Å²) in [5, 5.41) is 23.8. The average Bonchev–Trinajstić information content (AvgIpc) is 3.04. The van der Waals surface area contributed by atoms with Gasteiger partial charge in [-0.1, -0.05) is 19.4 Å². The first kappa shape index (κ1) is 17.5. The molecule has 7 heteroatoms. The Labute approximate surface area is 141 Å². The van der Waals surface area contributed by atoms with E-state index in [0.29, 0.717) is 30.0 Å². The highest BCUT2D eigenvalue weighted by Gasteiger charge is 2.13. The van der Waals surface area contributed by atoms with Gasteiger partial charge in [-0.3, -0.25) is 15.4 Å². The van der Waals surface area contributed by atoms with E-state index in [1.807, 2.05) is 10.8 Å². The number of hydrogen-bond donors (Lipinski definition) is 3. The number of allylic oxidation sites excluding steroid dienone is 1. The third-order valence-corrected chi connectivity index (χ3v) is 3.77. The summed E-state index contributed by atoms with van der Waals surface area (Å²) in [5.74, 6) is 0.622. The van der Waals surface area contributed by atoms with Crippen molar-refractivity contribution in [3.8, 4) is 0 Å². The van der Waals surface area contributed by atoms with Gasteiger partial charge >= 0.3 is 0 Å². The Morgan fingerprint density at radius 2 is 2.17 bits per heavy atom. The summed E-state index contributed by atoms with van der Waals surface area (Å²) >= 11 is 0. The van der Waals surface area contributed by atoms with Crippen LogP contribution in [0.5, 0.6) is 0 Å². The van der Waals surface area contributed by atoms with Crippen molar-refractivity contribution in [3.05, 3.63) is 53.9 Å². The Morgan fingerprint density at radius 3 is 2.83 bits per heavy atom. The zero-order valence-electron chi connectivity index (χ0n) is 13.9. The van der Waals surface area contributed by atoms with Crippen LogP contribution in [0.1, 0.15) is 43.3 Å². The molecule has 2 aromatic heterocycles. The second kappa shape index (κ2) is 8.14. The van der Waals surface area contributed by atoms with Gasteiger partial charge in [0.25, 0.3) is 0 Å². The van der Waals surface area contributed by atoms with E-state index in [-0.39, 0.29) is 0 Å². The van der Waals surface area contributed by atoms with Crippen LogP contribution in [0.4, 0.5) is 0 Å². The topological polar surface area (TPSA) is 107 Å². The summed E-state index contributed by atoms with van der Waals surface area (Å²) in [7, 11) is 0. The largest absolute Gasteiger partial charge is 0.324 e. The van der Waals surface area contributed by atoms with E-state index in [0.717, 1.165) is 36.9 Å². The van der Waals surface area contributed by atoms with E-state index in [9.17, 15) is 0 Å². The molecular weight excluding hydrogens is 302 g/mol. The molecule has 0 aliphatic rings. The summed E-state index contributed by atoms with van der Waals surface area (Å²) in [5.41, 5.74) is 2.38. The van der Waals surface area contributed by atoms with Gasteiger partial charge in [0, 0.05) is 18.0 Å². The minimum absolute atomic E-state index is 0.292. The molecule has 7 nitrogen and oxygen atoms in total. The van der Waals surface area contributed by atoms with Gasteiger partial charge in [0.1, 0.15) is 11.8 Å². The number of imidazole rings is 1. The van der Waals surface area contributed by atoms with E-state index in [2.05, 4.69) is 23.5 Å². The van der Waals surface area contributed by atoms with E-state index in [1.54, 1.807) is 12.3 Å². The van der Waals surface area contributed by atoms with Crippen molar-refractivity contribution in [2.24, 2.45) is 0 Å². The van der Waals surface area contributed by atoms with E-state index in [4.69, 9.17) is 16.2 Å². The standard InChI is InChI=1S/C17H23N7/c1-3-5-7-14(19)17-21-8-9-23(17)10-15-13(6-4-2)16(20)24(11-18)12-22-15/h3,8-9,11-12,18-20H,1,4-7,10H2,2H3. The van der Waals surface area contributed by atoms with Crippen molar-refractivity contribution >= 4 is 12.1 Å². The zero-order valence-corrected chi connectivity index (χ0v) is 13.9. The number of rotatable bonds is 9. The molecule has 0 saturated heterocycles. The van der Waals surface area contributed by atoms with Gasteiger partial charge in [-0.15, -0.1) is 6.58 Å². The van der Waals surface area contributed by atoms with Crippen molar-refractivity contribution in [1.82, 2.24) is 19.1 Å². The molecule has 0 atom stereocenters. The van der Waals surface area contributed by atoms with Gasteiger partial charge < -0.3 is 9.98 Å². The van der Waals surface area contributed by atoms with Crippen LogP contribution in [0, 0.1) is 16.2 Å². The molecule has 126 valence electrons. The molecule has 0 radical (unpaired) electrons. The van der Waals surface area contributed by atoms with Crippen LogP contribution in [0.3, 0.4) is 0 Å². The van der Waals surface area contributed by atoms with Crippen molar-refractivity contribution in [2.75, 3.05) is 0 Å². The summed E-state index contributed by atoms with van der Waals surface area (Å²) < 4.78 is 3.29. The van der Waals surface area contributed by atoms with E-state index >= 15 is 0 Å². The second-order valence-electron chi connectivity index (χ2n) is 5.49. The van der Waals surface area contributed by atoms with Gasteiger partial charge in [-0.05, 0) is 19.3 Å². The lowest BCUT2D eigenvalue weighted by Gasteiger charge is -2.13. The second-order valence-corrected chi connectivity index (χ2v) is 5.49. The molecule has 0 fully saturated rings. The molecule has 0 aromatic carbocycles. The van der Waals surface area contributed by atoms with Gasteiger partial charge in [0.15, 0.2) is 5.82 Å². The van der Waals surface area contributed by atoms with Crippen molar-refractivity contribution in [2.45, 2.75) is 39.2 Å². The normalized spacial score (nSPS) is 10.5. The Bertz CT molecular complexity index is 798. The van der Waals surface area contributed by atoms with Crippen LogP contribution < -0.4 is 5.49 Å². The molecule has 0 aliphatic carbocycles. The first-order valence-electron chi connectivity index (χ1n) is 7.96. The third-order valence-electron chi connectivity index (χ3n) is 3.77. The first-order chi connectivity index (χ1) is 11.6. The molecule has 0 saturated carbocycles. The van der Waals surface area contributed by atoms with Crippen molar-refractivity contribution in [3.63, 3.8) is 0 Å². The Kier molecular flexibility index (Phi) is 5.95. The van der Waals surface area contributed by atoms with Gasteiger partial charge in [0.05, 0.1) is 24.3 Å². The van der Waals surface area contributed by atoms with Crippen LogP contribution in [-0.4, -0.2) is 31.2 Å². The van der Waals surface area contributed by atoms with E-state index < -0.39 is 0 Å². The average molecular weight is 325 g/mol. The molecule has 0 amide bonds. The van der Waals surface area contributed by atoms with Crippen LogP contribution in [0.2, 0.25) is 0 Å². The predicted octanol–water partition coefficient (Wildman–Crippen LogP) is 2.35. The molecule has 3 N–H and O–H groups in total. The molecule has 0 aliphatic heterocycles. The molecule has 0 spiro atoms. The highest BCUT2D eigenvalue weighted by Crippen LogP contribution is 2.10. The quantitative estimate of drug-likeness (QED) is 0.374. The maximum atomic E-state index is 8.24. The fraction of sp³-hybridized carbons (Fsp3) is 0.353. The highest BCUT2D eigenvalue weighted by atomic mass is 15.1. The van der Waals surface area contributed by atoms with Crippen LogP contribution in [0.25, 0.3) is 0 Å². The number of aromatic nitrogens is 4. The highest BCUT2D eigenvalue weighted by molar-refractivity contribution is 5.95. The van der Waals surface area contributed by atoms with Crippen molar-refractivity contribution in [1.29, 1.82) is 16.2 Å². The van der Waals surface area contributed by atoms with Crippen LogP contribution in [-0.2, 0) is 13.0 Å². The number of hydrogen-bond acceptors (Lipinski definition) is 5. The SMILES string of the molecule is C=CCCC(=N)c1nccn1Cc1ncn(C=N)c(=N)c1CCC. The van der Waals surface area contributed by atoms with Gasteiger partial charge in [-0.25, -0.2) is 9.97 Å². The first-order valence-corrected chi connectivity index (χ1v) is 7.96. The maximum absolute atomic E-state index is 8.24. The molecule has 0 unspecified atom stereocenters. The maximum Gasteiger partial charge on any atom is 0.153 e. The fourth-order valence-corrected chi connectivity index (χ4v) is 2.53. The molecule has 2 aromatic rings. The van der Waals surface area contributed by atoms with Gasteiger partial charge in [0.2, 0.25) is 0 Å². The molecule has 2 heterocycles. The summed E-state index contributed by atoms with van der Waals surface area (Å²) in [6, 6.07) is 0. The predicted molar refractivity (Wildman–Crippen MR) is 93.8 cm³/mol. The summed E-state index contributed by atoms with van der Waals surface area (Å²) in [6.45, 7) is 6.21. The van der Waals surface area contributed by atoms with E-state index in [1.165, 1.54) is 10.9 Å². The van der Waals surface area contributed by atoms with Crippen LogP contribution in [0.15, 0.2) is 31.4 Å². The molecular formula is C17H23N7. The Morgan fingerprint density at radius 1 is 1.38 bits per heavy atom. The molecule has 2 rings (SSSR count). The monoisotopic (exact) mass is 325 g/mol. The minimum atomic E-state index is 0.292. The van der Waals surface area contributed by atoms with Crippen molar-refractivity contribution < 1.29 is 0 Å². The lowest BCUT2D eigenvalue weighted by molar-refractivity contribution is 0.715. The molecule has 24 heavy (non-hydrogen) atoms. The lowest BCUT2D eigenvalue weighted by atomic mass is 10.1. The van der Waals surface area contributed by atoms with Crippen LogP contribution >= 0.6 is 0 Å². The Balaban J connectivity index is 2.35. The fourth-order valence-electron chi connectivity index (χ4n) is 2.53. The number of nitrogens with zero attached hydrogens (tertiary/aromatic N) is 4. The van der Waals surface area contributed by atoms with Gasteiger partial charge in [-0.2, -0.15) is 0 Å². The summed E-state index contributed by atoms with van der Waals surface area (Å²) in [6.07, 6.45) is 10.9.